The van der Waals surface area contributed by atoms with E-state index < -0.39 is 0 Å². The minimum absolute atomic E-state index is 0.934. The lowest BCUT2D eigenvalue weighted by molar-refractivity contribution is -0.0511. The number of fused-ring (bicyclic) bond motifs is 1. The van der Waals surface area contributed by atoms with Crippen molar-refractivity contribution in [3.8, 4) is 0 Å². The van der Waals surface area contributed by atoms with Gasteiger partial charge >= 0.3 is 0 Å². The standard InChI is InChI=1S/C21H40/c1-7-9-18(10-8-2)19-12-11-14(3)21-17(6)16(5)15(4)13-20(19)21/h14-21H,7-13H2,1-6H3. The summed E-state index contributed by atoms with van der Waals surface area (Å²) in [7, 11) is 0. The molecule has 0 aromatic rings. The zero-order chi connectivity index (χ0) is 15.6. The third kappa shape index (κ3) is 3.50. The second-order valence-corrected chi connectivity index (χ2v) is 8.73. The summed E-state index contributed by atoms with van der Waals surface area (Å²) >= 11 is 0. The predicted octanol–water partition coefficient (Wildman–Crippen LogP) is 6.79. The molecule has 0 radical (unpaired) electrons. The molecule has 0 heterocycles. The van der Waals surface area contributed by atoms with E-state index in [4.69, 9.17) is 0 Å². The van der Waals surface area contributed by atoms with Gasteiger partial charge < -0.3 is 0 Å². The molecule has 2 rings (SSSR count). The molecule has 2 fully saturated rings. The Morgan fingerprint density at radius 2 is 1.43 bits per heavy atom. The molecule has 21 heavy (non-hydrogen) atoms. The van der Waals surface area contributed by atoms with E-state index in [1.807, 2.05) is 0 Å². The van der Waals surface area contributed by atoms with Gasteiger partial charge in [0.1, 0.15) is 0 Å². The van der Waals surface area contributed by atoms with Gasteiger partial charge in [0.2, 0.25) is 0 Å². The van der Waals surface area contributed by atoms with E-state index in [0.717, 1.165) is 47.3 Å². The van der Waals surface area contributed by atoms with E-state index in [-0.39, 0.29) is 0 Å². The van der Waals surface area contributed by atoms with Gasteiger partial charge in [-0.05, 0) is 60.2 Å². The van der Waals surface area contributed by atoms with Gasteiger partial charge in [-0.3, -0.25) is 0 Å². The van der Waals surface area contributed by atoms with Crippen molar-refractivity contribution in [1.82, 2.24) is 0 Å². The molecule has 0 N–H and O–H groups in total. The highest BCUT2D eigenvalue weighted by Crippen LogP contribution is 2.55. The van der Waals surface area contributed by atoms with Crippen molar-refractivity contribution < 1.29 is 0 Å². The lowest BCUT2D eigenvalue weighted by Gasteiger charge is -2.54. The number of rotatable bonds is 5. The Morgan fingerprint density at radius 3 is 2.00 bits per heavy atom. The van der Waals surface area contributed by atoms with Gasteiger partial charge in [-0.1, -0.05) is 73.6 Å². The van der Waals surface area contributed by atoms with Crippen molar-refractivity contribution in [1.29, 1.82) is 0 Å². The van der Waals surface area contributed by atoms with Crippen molar-refractivity contribution in [3.63, 3.8) is 0 Å². The monoisotopic (exact) mass is 292 g/mol. The van der Waals surface area contributed by atoms with E-state index in [2.05, 4.69) is 41.5 Å². The lowest BCUT2D eigenvalue weighted by Crippen LogP contribution is -2.47. The topological polar surface area (TPSA) is 0 Å². The minimum Gasteiger partial charge on any atom is -0.0654 e. The first-order valence-corrected chi connectivity index (χ1v) is 10.0. The minimum atomic E-state index is 0.934. The summed E-state index contributed by atoms with van der Waals surface area (Å²) in [6, 6.07) is 0. The zero-order valence-electron chi connectivity index (χ0n) is 15.6. The largest absolute Gasteiger partial charge is 0.0654 e. The van der Waals surface area contributed by atoms with Crippen molar-refractivity contribution >= 4 is 0 Å². The highest BCUT2D eigenvalue weighted by atomic mass is 14.5. The highest BCUT2D eigenvalue weighted by molar-refractivity contribution is 4.96. The summed E-state index contributed by atoms with van der Waals surface area (Å²) in [5, 5.41) is 0. The van der Waals surface area contributed by atoms with E-state index in [1.54, 1.807) is 0 Å². The highest BCUT2D eigenvalue weighted by Gasteiger charge is 2.47. The molecular formula is C21H40. The fourth-order valence-electron chi connectivity index (χ4n) is 6.22. The Balaban J connectivity index is 2.19. The van der Waals surface area contributed by atoms with Crippen LogP contribution in [-0.2, 0) is 0 Å². The van der Waals surface area contributed by atoms with Gasteiger partial charge in [0.15, 0.2) is 0 Å². The third-order valence-electron chi connectivity index (χ3n) is 7.56. The van der Waals surface area contributed by atoms with Crippen LogP contribution in [-0.4, -0.2) is 0 Å². The number of hydrogen-bond donors (Lipinski definition) is 0. The summed E-state index contributed by atoms with van der Waals surface area (Å²) < 4.78 is 0. The van der Waals surface area contributed by atoms with Crippen molar-refractivity contribution in [2.45, 2.75) is 86.5 Å². The average molecular weight is 293 g/mol. The molecule has 2 aliphatic rings. The van der Waals surface area contributed by atoms with Crippen LogP contribution in [0.5, 0.6) is 0 Å². The Kier molecular flexibility index (Phi) is 6.21. The number of hydrogen-bond acceptors (Lipinski definition) is 0. The van der Waals surface area contributed by atoms with Crippen molar-refractivity contribution in [2.24, 2.45) is 47.3 Å². The molecule has 2 saturated carbocycles. The summed E-state index contributed by atoms with van der Waals surface area (Å²) in [6.07, 6.45) is 10.3. The fourth-order valence-corrected chi connectivity index (χ4v) is 6.22. The third-order valence-corrected chi connectivity index (χ3v) is 7.56. The van der Waals surface area contributed by atoms with Gasteiger partial charge in [-0.2, -0.15) is 0 Å². The van der Waals surface area contributed by atoms with Gasteiger partial charge in [-0.25, -0.2) is 0 Å². The first-order valence-electron chi connectivity index (χ1n) is 10.0. The molecule has 0 saturated heterocycles. The molecule has 0 aromatic heterocycles. The maximum atomic E-state index is 2.57. The maximum absolute atomic E-state index is 2.57. The second kappa shape index (κ2) is 7.51. The normalized spacial score (nSPS) is 43.9. The molecule has 0 spiro atoms. The van der Waals surface area contributed by atoms with Crippen LogP contribution < -0.4 is 0 Å². The molecule has 0 nitrogen and oxygen atoms in total. The van der Waals surface area contributed by atoms with Crippen LogP contribution in [0.4, 0.5) is 0 Å². The van der Waals surface area contributed by atoms with Crippen LogP contribution in [0.25, 0.3) is 0 Å². The zero-order valence-corrected chi connectivity index (χ0v) is 15.6. The van der Waals surface area contributed by atoms with Crippen LogP contribution in [0.1, 0.15) is 86.5 Å². The van der Waals surface area contributed by atoms with Crippen LogP contribution in [0.3, 0.4) is 0 Å². The van der Waals surface area contributed by atoms with E-state index in [9.17, 15) is 0 Å². The first kappa shape index (κ1) is 17.4. The van der Waals surface area contributed by atoms with Crippen LogP contribution in [0.2, 0.25) is 0 Å². The predicted molar refractivity (Wildman–Crippen MR) is 94.3 cm³/mol. The Morgan fingerprint density at radius 1 is 0.810 bits per heavy atom. The van der Waals surface area contributed by atoms with E-state index >= 15 is 0 Å². The maximum Gasteiger partial charge on any atom is -0.0329 e. The second-order valence-electron chi connectivity index (χ2n) is 8.73. The molecule has 0 amide bonds. The van der Waals surface area contributed by atoms with Crippen LogP contribution >= 0.6 is 0 Å². The average Bonchev–Trinajstić information content (AvgIpc) is 2.45. The summed E-state index contributed by atoms with van der Waals surface area (Å²) in [4.78, 5) is 0. The molecule has 124 valence electrons. The summed E-state index contributed by atoms with van der Waals surface area (Å²) in [6.45, 7) is 15.0. The summed E-state index contributed by atoms with van der Waals surface area (Å²) in [5.41, 5.74) is 0. The fraction of sp³-hybridized carbons (Fsp3) is 1.00. The van der Waals surface area contributed by atoms with Gasteiger partial charge in [0.05, 0.1) is 0 Å². The van der Waals surface area contributed by atoms with Gasteiger partial charge in [-0.15, -0.1) is 0 Å². The lowest BCUT2D eigenvalue weighted by atomic mass is 9.51. The molecule has 7 unspecified atom stereocenters. The van der Waals surface area contributed by atoms with Crippen LogP contribution in [0, 0.1) is 47.3 Å². The first-order chi connectivity index (χ1) is 10.0. The molecule has 7 atom stereocenters. The Hall–Kier alpha value is 0. The van der Waals surface area contributed by atoms with Crippen LogP contribution in [0.15, 0.2) is 0 Å². The van der Waals surface area contributed by atoms with E-state index in [1.165, 1.54) is 44.9 Å². The molecule has 0 bridgehead atoms. The van der Waals surface area contributed by atoms with Crippen molar-refractivity contribution in [3.05, 3.63) is 0 Å². The smallest absolute Gasteiger partial charge is 0.0329 e. The van der Waals surface area contributed by atoms with E-state index in [0.29, 0.717) is 0 Å². The molecular weight excluding hydrogens is 252 g/mol. The Bertz CT molecular complexity index is 301. The molecule has 0 aliphatic heterocycles. The SMILES string of the molecule is CCCC(CCC)C1CCC(C)C2C(C)C(C)C(C)CC12. The quantitative estimate of drug-likeness (QED) is 0.523. The summed E-state index contributed by atoms with van der Waals surface area (Å²) in [5.74, 6) is 7.92. The van der Waals surface area contributed by atoms with Gasteiger partial charge in [0.25, 0.3) is 0 Å². The van der Waals surface area contributed by atoms with Gasteiger partial charge in [0, 0.05) is 0 Å². The molecule has 2 aliphatic carbocycles. The molecule has 0 aromatic carbocycles. The van der Waals surface area contributed by atoms with Crippen molar-refractivity contribution in [2.75, 3.05) is 0 Å². The Labute approximate surface area is 134 Å². The molecule has 0 heteroatoms.